The number of rotatable bonds is 6. The van der Waals surface area contributed by atoms with Crippen LogP contribution in [0.25, 0.3) is 0 Å². The number of urea groups is 1. The zero-order chi connectivity index (χ0) is 14.3. The zero-order valence-corrected chi connectivity index (χ0v) is 11.3. The molecule has 0 fully saturated rings. The molecule has 0 bridgehead atoms. The highest BCUT2D eigenvalue weighted by molar-refractivity contribution is 5.74. The quantitative estimate of drug-likeness (QED) is 0.828. The number of carboxylic acids is 1. The van der Waals surface area contributed by atoms with E-state index in [0.717, 1.165) is 5.56 Å². The maximum absolute atomic E-state index is 11.9. The minimum Gasteiger partial charge on any atom is -0.481 e. The average molecular weight is 264 g/mol. The highest BCUT2D eigenvalue weighted by Gasteiger charge is 2.17. The molecule has 19 heavy (non-hydrogen) atoms. The van der Waals surface area contributed by atoms with E-state index in [9.17, 15) is 9.59 Å². The minimum atomic E-state index is -0.862. The van der Waals surface area contributed by atoms with Gasteiger partial charge in [-0.3, -0.25) is 4.79 Å². The van der Waals surface area contributed by atoms with Crippen LogP contribution in [-0.2, 0) is 4.79 Å². The molecular formula is C14H20N2O3. The van der Waals surface area contributed by atoms with Gasteiger partial charge in [0.25, 0.3) is 0 Å². The highest BCUT2D eigenvalue weighted by atomic mass is 16.4. The highest BCUT2D eigenvalue weighted by Crippen LogP contribution is 2.18. The lowest BCUT2D eigenvalue weighted by Crippen LogP contribution is -2.39. The maximum atomic E-state index is 11.9. The van der Waals surface area contributed by atoms with Crippen LogP contribution in [0.4, 0.5) is 4.79 Å². The van der Waals surface area contributed by atoms with Crippen LogP contribution in [0.2, 0.25) is 0 Å². The van der Waals surface area contributed by atoms with E-state index in [-0.39, 0.29) is 18.5 Å². The molecule has 1 atom stereocenters. The van der Waals surface area contributed by atoms with Crippen molar-refractivity contribution in [2.75, 3.05) is 13.6 Å². The van der Waals surface area contributed by atoms with Crippen molar-refractivity contribution in [2.45, 2.75) is 25.8 Å². The first kappa shape index (κ1) is 15.0. The number of carbonyl (C=O) groups excluding carboxylic acids is 1. The van der Waals surface area contributed by atoms with E-state index >= 15 is 0 Å². The molecular weight excluding hydrogens is 244 g/mol. The summed E-state index contributed by atoms with van der Waals surface area (Å²) in [7, 11) is 1.70. The van der Waals surface area contributed by atoms with Crippen molar-refractivity contribution in [3.05, 3.63) is 35.9 Å². The molecule has 0 spiro atoms. The molecule has 0 aliphatic heterocycles. The molecule has 0 aliphatic rings. The Morgan fingerprint density at radius 2 is 1.95 bits per heavy atom. The number of nitrogens with one attached hydrogen (secondary N) is 1. The van der Waals surface area contributed by atoms with Gasteiger partial charge < -0.3 is 15.3 Å². The summed E-state index contributed by atoms with van der Waals surface area (Å²) in [4.78, 5) is 24.1. The first-order chi connectivity index (χ1) is 9.04. The van der Waals surface area contributed by atoms with Crippen molar-refractivity contribution in [1.82, 2.24) is 10.2 Å². The Morgan fingerprint density at radius 1 is 1.32 bits per heavy atom. The molecule has 0 saturated heterocycles. The second-order valence-electron chi connectivity index (χ2n) is 4.36. The third-order valence-electron chi connectivity index (χ3n) is 2.97. The van der Waals surface area contributed by atoms with Crippen molar-refractivity contribution >= 4 is 12.0 Å². The number of nitrogens with zero attached hydrogens (tertiary/aromatic N) is 1. The average Bonchev–Trinajstić information content (AvgIpc) is 2.42. The van der Waals surface area contributed by atoms with E-state index in [4.69, 9.17) is 5.11 Å². The number of benzene rings is 1. The summed E-state index contributed by atoms with van der Waals surface area (Å²) < 4.78 is 0. The second-order valence-corrected chi connectivity index (χ2v) is 4.36. The van der Waals surface area contributed by atoms with Crippen LogP contribution < -0.4 is 5.32 Å². The van der Waals surface area contributed by atoms with E-state index in [1.165, 1.54) is 0 Å². The largest absolute Gasteiger partial charge is 0.481 e. The predicted molar refractivity (Wildman–Crippen MR) is 72.9 cm³/mol. The minimum absolute atomic E-state index is 0.0235. The van der Waals surface area contributed by atoms with E-state index in [0.29, 0.717) is 13.0 Å². The maximum Gasteiger partial charge on any atom is 0.317 e. The summed E-state index contributed by atoms with van der Waals surface area (Å²) in [6, 6.07) is 8.94. The molecule has 0 heterocycles. The van der Waals surface area contributed by atoms with Crippen LogP contribution in [0.1, 0.15) is 31.4 Å². The van der Waals surface area contributed by atoms with E-state index < -0.39 is 5.97 Å². The third-order valence-corrected chi connectivity index (χ3v) is 2.97. The molecule has 0 aromatic heterocycles. The van der Waals surface area contributed by atoms with Gasteiger partial charge in [0.15, 0.2) is 0 Å². The molecule has 0 radical (unpaired) electrons. The SMILES string of the molecule is CCN(C)C(=O)NC(CCC(=O)O)c1ccccc1. The van der Waals surface area contributed by atoms with Gasteiger partial charge in [0.05, 0.1) is 6.04 Å². The van der Waals surface area contributed by atoms with Gasteiger partial charge in [0, 0.05) is 20.0 Å². The standard InChI is InChI=1S/C14H20N2O3/c1-3-16(2)14(19)15-12(9-10-13(17)18)11-7-5-4-6-8-11/h4-8,12H,3,9-10H2,1-2H3,(H,15,19)(H,17,18). The molecule has 104 valence electrons. The molecule has 2 amide bonds. The molecule has 1 unspecified atom stereocenters. The number of aliphatic carboxylic acids is 1. The lowest BCUT2D eigenvalue weighted by atomic mass is 10.0. The summed E-state index contributed by atoms with van der Waals surface area (Å²) in [6.07, 6.45) is 0.401. The molecule has 1 aromatic rings. The van der Waals surface area contributed by atoms with E-state index in [2.05, 4.69) is 5.32 Å². The van der Waals surface area contributed by atoms with Crippen LogP contribution >= 0.6 is 0 Å². The van der Waals surface area contributed by atoms with Crippen molar-refractivity contribution in [3.63, 3.8) is 0 Å². The Morgan fingerprint density at radius 3 is 2.47 bits per heavy atom. The summed E-state index contributed by atoms with van der Waals surface area (Å²) in [5.41, 5.74) is 0.918. The number of carbonyl (C=O) groups is 2. The van der Waals surface area contributed by atoms with Crippen molar-refractivity contribution < 1.29 is 14.7 Å². The second kappa shape index (κ2) is 7.41. The molecule has 5 nitrogen and oxygen atoms in total. The molecule has 0 aliphatic carbocycles. The zero-order valence-electron chi connectivity index (χ0n) is 11.3. The third kappa shape index (κ3) is 4.99. The fourth-order valence-corrected chi connectivity index (χ4v) is 1.68. The van der Waals surface area contributed by atoms with E-state index in [1.54, 1.807) is 11.9 Å². The van der Waals surface area contributed by atoms with Crippen molar-refractivity contribution in [1.29, 1.82) is 0 Å². The van der Waals surface area contributed by atoms with Crippen LogP contribution in [0.3, 0.4) is 0 Å². The molecule has 1 aromatic carbocycles. The van der Waals surface area contributed by atoms with Crippen LogP contribution in [0, 0.1) is 0 Å². The number of hydrogen-bond acceptors (Lipinski definition) is 2. The van der Waals surface area contributed by atoms with Gasteiger partial charge in [-0.1, -0.05) is 30.3 Å². The van der Waals surface area contributed by atoms with Gasteiger partial charge in [-0.05, 0) is 18.9 Å². The fourth-order valence-electron chi connectivity index (χ4n) is 1.68. The van der Waals surface area contributed by atoms with Gasteiger partial charge in [0.1, 0.15) is 0 Å². The number of amides is 2. The Balaban J connectivity index is 2.75. The van der Waals surface area contributed by atoms with Gasteiger partial charge in [-0.2, -0.15) is 0 Å². The van der Waals surface area contributed by atoms with Crippen molar-refractivity contribution in [2.24, 2.45) is 0 Å². The van der Waals surface area contributed by atoms with Crippen LogP contribution in [0.15, 0.2) is 30.3 Å². The Labute approximate surface area is 113 Å². The number of hydrogen-bond donors (Lipinski definition) is 2. The molecule has 2 N–H and O–H groups in total. The van der Waals surface area contributed by atoms with Crippen molar-refractivity contribution in [3.8, 4) is 0 Å². The normalized spacial score (nSPS) is 11.7. The summed E-state index contributed by atoms with van der Waals surface area (Å²) in [5.74, 6) is -0.862. The van der Waals surface area contributed by atoms with Crippen LogP contribution in [0.5, 0.6) is 0 Å². The Hall–Kier alpha value is -2.04. The smallest absolute Gasteiger partial charge is 0.317 e. The number of carboxylic acid groups (broad SMARTS) is 1. The van der Waals surface area contributed by atoms with Crippen LogP contribution in [-0.4, -0.2) is 35.6 Å². The first-order valence-electron chi connectivity index (χ1n) is 6.33. The van der Waals surface area contributed by atoms with E-state index in [1.807, 2.05) is 37.3 Å². The topological polar surface area (TPSA) is 69.6 Å². The summed E-state index contributed by atoms with van der Waals surface area (Å²) in [5, 5.41) is 11.6. The van der Waals surface area contributed by atoms with Gasteiger partial charge in [0.2, 0.25) is 0 Å². The fraction of sp³-hybridized carbons (Fsp3) is 0.429. The first-order valence-corrected chi connectivity index (χ1v) is 6.33. The monoisotopic (exact) mass is 264 g/mol. The Kier molecular flexibility index (Phi) is 5.85. The lowest BCUT2D eigenvalue weighted by Gasteiger charge is -2.22. The van der Waals surface area contributed by atoms with Gasteiger partial charge >= 0.3 is 12.0 Å². The lowest BCUT2D eigenvalue weighted by molar-refractivity contribution is -0.137. The summed E-state index contributed by atoms with van der Waals surface area (Å²) in [6.45, 7) is 2.49. The van der Waals surface area contributed by atoms with Gasteiger partial charge in [-0.15, -0.1) is 0 Å². The molecule has 0 saturated carbocycles. The van der Waals surface area contributed by atoms with Gasteiger partial charge in [-0.25, -0.2) is 4.79 Å². The Bertz CT molecular complexity index is 420. The predicted octanol–water partition coefficient (Wildman–Crippen LogP) is 2.25. The molecule has 1 rings (SSSR count). The summed E-state index contributed by atoms with van der Waals surface area (Å²) >= 11 is 0. The molecule has 5 heteroatoms.